The maximum Gasteiger partial charge on any atom is 0.0610 e. The van der Waals surface area contributed by atoms with Crippen LogP contribution in [0.2, 0.25) is 0 Å². The van der Waals surface area contributed by atoms with Crippen LogP contribution in [0.4, 0.5) is 0 Å². The van der Waals surface area contributed by atoms with E-state index in [1.807, 2.05) is 12.4 Å². The van der Waals surface area contributed by atoms with Crippen LogP contribution in [0.1, 0.15) is 13.8 Å². The van der Waals surface area contributed by atoms with E-state index in [-0.39, 0.29) is 0 Å². The first-order valence-electron chi connectivity index (χ1n) is 3.14. The lowest BCUT2D eigenvalue weighted by molar-refractivity contribution is 0.389. The highest BCUT2D eigenvalue weighted by Crippen LogP contribution is 2.08. The van der Waals surface area contributed by atoms with Crippen molar-refractivity contribution < 1.29 is 0 Å². The Balaban J connectivity index is 2.73. The summed E-state index contributed by atoms with van der Waals surface area (Å²) in [5.74, 6) is 0. The molecule has 0 N–H and O–H groups in total. The third-order valence-electron chi connectivity index (χ3n) is 1.73. The summed E-state index contributed by atoms with van der Waals surface area (Å²) in [6, 6.07) is 0.454. The van der Waals surface area contributed by atoms with Crippen molar-refractivity contribution in [3.63, 3.8) is 0 Å². The zero-order valence-corrected chi connectivity index (χ0v) is 6.13. The molecule has 0 amide bonds. The van der Waals surface area contributed by atoms with Crippen LogP contribution in [0, 0.1) is 0 Å². The quantitative estimate of drug-likeness (QED) is 0.474. The summed E-state index contributed by atoms with van der Waals surface area (Å²) in [4.78, 5) is 6.25. The van der Waals surface area contributed by atoms with Crippen LogP contribution in [0.5, 0.6) is 0 Å². The van der Waals surface area contributed by atoms with Crippen molar-refractivity contribution in [2.24, 2.45) is 4.99 Å². The van der Waals surface area contributed by atoms with E-state index in [2.05, 4.69) is 30.8 Å². The van der Waals surface area contributed by atoms with E-state index in [1.54, 1.807) is 0 Å². The molecule has 1 unspecified atom stereocenters. The molecule has 0 aliphatic carbocycles. The van der Waals surface area contributed by atoms with Crippen molar-refractivity contribution in [2.45, 2.75) is 19.9 Å². The van der Waals surface area contributed by atoms with E-state index in [9.17, 15) is 0 Å². The Morgan fingerprint density at radius 3 is 2.78 bits per heavy atom. The largest absolute Gasteiger partial charge is 0.369 e. The molecular formula is C7H12N2. The zero-order valence-electron chi connectivity index (χ0n) is 6.13. The van der Waals surface area contributed by atoms with Crippen LogP contribution in [-0.2, 0) is 0 Å². The fourth-order valence-electron chi connectivity index (χ4n) is 0.788. The summed E-state index contributed by atoms with van der Waals surface area (Å²) < 4.78 is 0. The first-order valence-corrected chi connectivity index (χ1v) is 3.14. The Morgan fingerprint density at radius 1 is 1.67 bits per heavy atom. The second-order valence-electron chi connectivity index (χ2n) is 2.42. The van der Waals surface area contributed by atoms with Crippen molar-refractivity contribution >= 4 is 6.21 Å². The van der Waals surface area contributed by atoms with Crippen molar-refractivity contribution in [1.82, 2.24) is 4.90 Å². The molecule has 50 valence electrons. The van der Waals surface area contributed by atoms with Crippen LogP contribution in [0.15, 0.2) is 16.9 Å². The molecule has 0 saturated carbocycles. The molecule has 0 radical (unpaired) electrons. The molecule has 1 aliphatic rings. The highest BCUT2D eigenvalue weighted by Gasteiger charge is 2.08. The van der Waals surface area contributed by atoms with Gasteiger partial charge in [0.25, 0.3) is 0 Å². The van der Waals surface area contributed by atoms with E-state index in [0.717, 1.165) is 0 Å². The van der Waals surface area contributed by atoms with Gasteiger partial charge in [0.2, 0.25) is 0 Å². The first-order chi connectivity index (χ1) is 4.22. The molecule has 0 aromatic heterocycles. The Kier molecular flexibility index (Phi) is 1.56. The molecule has 1 atom stereocenters. The third-order valence-corrected chi connectivity index (χ3v) is 1.73. The predicted molar refractivity (Wildman–Crippen MR) is 39.5 cm³/mol. The lowest BCUT2D eigenvalue weighted by Gasteiger charge is -2.26. The van der Waals surface area contributed by atoms with Gasteiger partial charge in [0, 0.05) is 25.2 Å². The zero-order chi connectivity index (χ0) is 6.85. The van der Waals surface area contributed by atoms with Gasteiger partial charge in [-0.05, 0) is 13.8 Å². The van der Waals surface area contributed by atoms with Gasteiger partial charge in [-0.2, -0.15) is 0 Å². The van der Waals surface area contributed by atoms with Crippen LogP contribution < -0.4 is 0 Å². The van der Waals surface area contributed by atoms with Crippen LogP contribution in [0.3, 0.4) is 0 Å². The van der Waals surface area contributed by atoms with Crippen molar-refractivity contribution in [1.29, 1.82) is 0 Å². The Labute approximate surface area is 55.9 Å². The molecule has 9 heavy (non-hydrogen) atoms. The predicted octanol–water partition coefficient (Wildman–Crippen LogP) is 1.25. The minimum Gasteiger partial charge on any atom is -0.369 e. The number of hydrogen-bond donors (Lipinski definition) is 0. The van der Waals surface area contributed by atoms with Gasteiger partial charge in [0.15, 0.2) is 0 Å². The summed E-state index contributed by atoms with van der Waals surface area (Å²) in [6.45, 7) is 4.19. The van der Waals surface area contributed by atoms with E-state index in [1.165, 1.54) is 5.70 Å². The van der Waals surface area contributed by atoms with Gasteiger partial charge < -0.3 is 4.90 Å². The molecule has 2 nitrogen and oxygen atoms in total. The van der Waals surface area contributed by atoms with E-state index >= 15 is 0 Å². The lowest BCUT2D eigenvalue weighted by atomic mass is 10.3. The Morgan fingerprint density at radius 2 is 2.33 bits per heavy atom. The molecule has 1 rings (SSSR count). The number of nitrogens with zero attached hydrogens (tertiary/aromatic N) is 2. The van der Waals surface area contributed by atoms with E-state index < -0.39 is 0 Å². The van der Waals surface area contributed by atoms with Crippen LogP contribution in [0.25, 0.3) is 0 Å². The molecule has 2 heteroatoms. The number of rotatable bonds is 0. The average Bonchev–Trinajstić information content (AvgIpc) is 1.83. The second-order valence-corrected chi connectivity index (χ2v) is 2.42. The topological polar surface area (TPSA) is 15.6 Å². The smallest absolute Gasteiger partial charge is 0.0610 e. The standard InChI is InChI=1S/C7H12N2/c1-6-4-8-5-7(2)9(6)3/h4-6H,1-3H3. The molecular weight excluding hydrogens is 112 g/mol. The van der Waals surface area contributed by atoms with Crippen LogP contribution >= 0.6 is 0 Å². The summed E-state index contributed by atoms with van der Waals surface area (Å²) in [5, 5.41) is 0. The third kappa shape index (κ3) is 1.12. The van der Waals surface area contributed by atoms with Crippen LogP contribution in [-0.4, -0.2) is 24.2 Å². The SMILES string of the molecule is CC1=CN=CC(C)N1C. The molecule has 0 saturated heterocycles. The van der Waals surface area contributed by atoms with Gasteiger partial charge in [0.05, 0.1) is 6.04 Å². The molecule has 0 bridgehead atoms. The number of hydrogen-bond acceptors (Lipinski definition) is 2. The summed E-state index contributed by atoms with van der Waals surface area (Å²) in [5.41, 5.74) is 1.23. The van der Waals surface area contributed by atoms with Crippen molar-refractivity contribution in [2.75, 3.05) is 7.05 Å². The normalized spacial score (nSPS) is 26.3. The summed E-state index contributed by atoms with van der Waals surface area (Å²) in [7, 11) is 2.07. The van der Waals surface area contributed by atoms with Crippen molar-refractivity contribution in [3.8, 4) is 0 Å². The fraction of sp³-hybridized carbons (Fsp3) is 0.571. The number of allylic oxidation sites excluding steroid dienone is 1. The lowest BCUT2D eigenvalue weighted by Crippen LogP contribution is -2.30. The van der Waals surface area contributed by atoms with Gasteiger partial charge in [-0.3, -0.25) is 4.99 Å². The van der Waals surface area contributed by atoms with E-state index in [0.29, 0.717) is 6.04 Å². The van der Waals surface area contributed by atoms with Gasteiger partial charge in [-0.25, -0.2) is 0 Å². The highest BCUT2D eigenvalue weighted by molar-refractivity contribution is 5.66. The molecule has 0 aromatic rings. The minimum atomic E-state index is 0.454. The van der Waals surface area contributed by atoms with Gasteiger partial charge >= 0.3 is 0 Å². The second kappa shape index (κ2) is 2.21. The van der Waals surface area contributed by atoms with Gasteiger partial charge in [-0.1, -0.05) is 0 Å². The average molecular weight is 124 g/mol. The Hall–Kier alpha value is -0.790. The Bertz CT molecular complexity index is 158. The minimum absolute atomic E-state index is 0.454. The maximum absolute atomic E-state index is 4.06. The van der Waals surface area contributed by atoms with Gasteiger partial charge in [0.1, 0.15) is 0 Å². The highest BCUT2D eigenvalue weighted by atomic mass is 15.2. The molecule has 0 spiro atoms. The molecule has 0 aromatic carbocycles. The molecule has 1 heterocycles. The monoisotopic (exact) mass is 124 g/mol. The molecule has 0 fully saturated rings. The van der Waals surface area contributed by atoms with E-state index in [4.69, 9.17) is 0 Å². The summed E-state index contributed by atoms with van der Waals surface area (Å²) in [6.07, 6.45) is 3.81. The first kappa shape index (κ1) is 6.33. The van der Waals surface area contributed by atoms with Gasteiger partial charge in [-0.15, -0.1) is 0 Å². The fourth-order valence-corrected chi connectivity index (χ4v) is 0.788. The maximum atomic E-state index is 4.06. The summed E-state index contributed by atoms with van der Waals surface area (Å²) >= 11 is 0. The molecule has 1 aliphatic heterocycles. The van der Waals surface area contributed by atoms with Crippen molar-refractivity contribution in [3.05, 3.63) is 11.9 Å². The number of aliphatic imine (C=N–C) groups is 1.